The summed E-state index contributed by atoms with van der Waals surface area (Å²) in [4.78, 5) is 3.63. The second kappa shape index (κ2) is 8.29. The van der Waals surface area contributed by atoms with Crippen molar-refractivity contribution >= 4 is 30.0 Å². The Kier molecular flexibility index (Phi) is 5.41. The molecule has 0 aliphatic carbocycles. The van der Waals surface area contributed by atoms with Gasteiger partial charge in [0.25, 0.3) is 0 Å². The molecule has 0 amide bonds. The van der Waals surface area contributed by atoms with Crippen LogP contribution in [0.5, 0.6) is 0 Å². The summed E-state index contributed by atoms with van der Waals surface area (Å²) in [5.74, 6) is 0. The first-order valence-corrected chi connectivity index (χ1v) is 8.22. The third-order valence-corrected chi connectivity index (χ3v) is 3.95. The van der Waals surface area contributed by atoms with E-state index in [-0.39, 0.29) is 0 Å². The minimum absolute atomic E-state index is 0.531. The van der Waals surface area contributed by atoms with Crippen LogP contribution in [0.4, 0.5) is 5.69 Å². The van der Waals surface area contributed by atoms with E-state index in [1.54, 1.807) is 12.1 Å². The molecule has 122 valence electrons. The van der Waals surface area contributed by atoms with E-state index in [0.717, 1.165) is 22.3 Å². The van der Waals surface area contributed by atoms with E-state index < -0.39 is 0 Å². The maximum Gasteiger partial charge on any atom is 0.194 e. The van der Waals surface area contributed by atoms with Crippen molar-refractivity contribution in [2.45, 2.75) is 0 Å². The minimum Gasteiger partial charge on any atom is -0.238 e. The second-order valence-electron chi connectivity index (χ2n) is 5.71. The smallest absolute Gasteiger partial charge is 0.194 e. The fraction of sp³-hybridized carbons (Fsp3) is 0. The molecule has 3 rings (SSSR count). The summed E-state index contributed by atoms with van der Waals surface area (Å²) in [5.41, 5.74) is 4.68. The third-order valence-electron chi connectivity index (χ3n) is 3.95. The monoisotopic (exact) mass is 332 g/mol. The van der Waals surface area contributed by atoms with Crippen LogP contribution in [0.1, 0.15) is 27.8 Å². The normalized spacial score (nSPS) is 10.7. The van der Waals surface area contributed by atoms with Crippen LogP contribution in [0.15, 0.2) is 72.8 Å². The van der Waals surface area contributed by atoms with E-state index in [2.05, 4.69) is 10.9 Å². The van der Waals surface area contributed by atoms with Gasteiger partial charge < -0.3 is 0 Å². The molecule has 26 heavy (non-hydrogen) atoms. The lowest BCUT2D eigenvalue weighted by Crippen LogP contribution is -1.85. The summed E-state index contributed by atoms with van der Waals surface area (Å²) < 4.78 is 0. The van der Waals surface area contributed by atoms with Crippen molar-refractivity contribution in [1.82, 2.24) is 0 Å². The Morgan fingerprint density at radius 2 is 1.27 bits per heavy atom. The second-order valence-corrected chi connectivity index (χ2v) is 5.71. The van der Waals surface area contributed by atoms with Gasteiger partial charge in [0, 0.05) is 0 Å². The quantitative estimate of drug-likeness (QED) is 0.398. The predicted octanol–water partition coefficient (Wildman–Crippen LogP) is 6.45. The van der Waals surface area contributed by atoms with Crippen LogP contribution < -0.4 is 0 Å². The lowest BCUT2D eigenvalue weighted by atomic mass is 10.0. The van der Waals surface area contributed by atoms with Crippen molar-refractivity contribution in [3.05, 3.63) is 112 Å². The average molecular weight is 332 g/mol. The highest BCUT2D eigenvalue weighted by molar-refractivity contribution is 5.82. The van der Waals surface area contributed by atoms with Gasteiger partial charge in [-0.3, -0.25) is 0 Å². The standard InChI is InChI=1S/C24H16N2/c1-26-24-17-21(14-12-19-8-4-2-5-9-19)23(18-25)16-22(24)15-13-20-10-6-3-7-11-20/h2-17H/b14-12+,15-13+. The first-order chi connectivity index (χ1) is 12.8. The zero-order chi connectivity index (χ0) is 18.2. The molecule has 0 fully saturated rings. The Hall–Kier alpha value is -3.88. The van der Waals surface area contributed by atoms with Crippen LogP contribution in [0.3, 0.4) is 0 Å². The molecule has 3 aromatic carbocycles. The van der Waals surface area contributed by atoms with E-state index in [1.807, 2.05) is 85.0 Å². The highest BCUT2D eigenvalue weighted by Gasteiger charge is 2.06. The van der Waals surface area contributed by atoms with E-state index >= 15 is 0 Å². The Bertz CT molecular complexity index is 944. The number of hydrogen-bond acceptors (Lipinski definition) is 1. The SMILES string of the molecule is [C-]#[N+]c1cc(/C=C/c2ccccc2)c(C#N)cc1/C=C/c1ccccc1. The summed E-state index contributed by atoms with van der Waals surface area (Å²) in [6.45, 7) is 7.47. The molecule has 0 unspecified atom stereocenters. The van der Waals surface area contributed by atoms with Crippen LogP contribution in [0.2, 0.25) is 0 Å². The van der Waals surface area contributed by atoms with Gasteiger partial charge in [0.15, 0.2) is 5.69 Å². The van der Waals surface area contributed by atoms with Crippen LogP contribution >= 0.6 is 0 Å². The number of hydrogen-bond donors (Lipinski definition) is 0. The molecule has 0 spiro atoms. The highest BCUT2D eigenvalue weighted by atomic mass is 14.6. The molecule has 0 aliphatic rings. The first-order valence-electron chi connectivity index (χ1n) is 8.22. The lowest BCUT2D eigenvalue weighted by Gasteiger charge is -2.04. The Labute approximate surface area is 153 Å². The maximum atomic E-state index is 9.50. The molecule has 0 aromatic heterocycles. The molecule has 2 nitrogen and oxygen atoms in total. The Morgan fingerprint density at radius 3 is 1.77 bits per heavy atom. The molecule has 0 atom stereocenters. The van der Waals surface area contributed by atoms with Gasteiger partial charge in [0.2, 0.25) is 0 Å². The fourth-order valence-electron chi connectivity index (χ4n) is 2.59. The molecule has 0 radical (unpaired) electrons. The van der Waals surface area contributed by atoms with Crippen LogP contribution in [0, 0.1) is 17.9 Å². The topological polar surface area (TPSA) is 28.1 Å². The van der Waals surface area contributed by atoms with E-state index in [4.69, 9.17) is 6.57 Å². The van der Waals surface area contributed by atoms with E-state index in [1.165, 1.54) is 0 Å². The van der Waals surface area contributed by atoms with Gasteiger partial charge in [-0.25, -0.2) is 4.85 Å². The fourth-order valence-corrected chi connectivity index (χ4v) is 2.59. The first kappa shape index (κ1) is 17.0. The Morgan fingerprint density at radius 1 is 0.731 bits per heavy atom. The molecule has 0 saturated heterocycles. The number of rotatable bonds is 4. The molecular formula is C24H16N2. The van der Waals surface area contributed by atoms with Gasteiger partial charge in [0.05, 0.1) is 18.2 Å². The zero-order valence-corrected chi connectivity index (χ0v) is 14.1. The van der Waals surface area contributed by atoms with Crippen molar-refractivity contribution in [2.75, 3.05) is 0 Å². The van der Waals surface area contributed by atoms with Crippen molar-refractivity contribution in [2.24, 2.45) is 0 Å². The molecule has 0 saturated carbocycles. The molecule has 3 aromatic rings. The lowest BCUT2D eigenvalue weighted by molar-refractivity contribution is 1.47. The van der Waals surface area contributed by atoms with E-state index in [0.29, 0.717) is 11.3 Å². The van der Waals surface area contributed by atoms with Gasteiger partial charge in [0.1, 0.15) is 0 Å². The van der Waals surface area contributed by atoms with Gasteiger partial charge in [-0.1, -0.05) is 85.0 Å². The summed E-state index contributed by atoms with van der Waals surface area (Å²) in [5, 5.41) is 9.50. The summed E-state index contributed by atoms with van der Waals surface area (Å²) in [6, 6.07) is 25.6. The van der Waals surface area contributed by atoms with Gasteiger partial charge in [-0.15, -0.1) is 0 Å². The minimum atomic E-state index is 0.531. The van der Waals surface area contributed by atoms with Crippen LogP contribution in [-0.4, -0.2) is 0 Å². The largest absolute Gasteiger partial charge is 0.238 e. The number of nitrogens with zero attached hydrogens (tertiary/aromatic N) is 2. The molecule has 0 bridgehead atoms. The number of benzene rings is 3. The van der Waals surface area contributed by atoms with E-state index in [9.17, 15) is 5.26 Å². The van der Waals surface area contributed by atoms with Crippen molar-refractivity contribution in [3.63, 3.8) is 0 Å². The summed E-state index contributed by atoms with van der Waals surface area (Å²) in [7, 11) is 0. The van der Waals surface area contributed by atoms with Crippen LogP contribution in [0.25, 0.3) is 29.1 Å². The van der Waals surface area contributed by atoms with Gasteiger partial charge in [-0.05, 0) is 34.4 Å². The average Bonchev–Trinajstić information content (AvgIpc) is 2.72. The maximum absolute atomic E-state index is 9.50. The molecule has 2 heteroatoms. The number of nitriles is 1. The zero-order valence-electron chi connectivity index (χ0n) is 14.1. The van der Waals surface area contributed by atoms with Crippen molar-refractivity contribution in [1.29, 1.82) is 5.26 Å². The molecule has 0 N–H and O–H groups in total. The van der Waals surface area contributed by atoms with Gasteiger partial charge in [-0.2, -0.15) is 5.26 Å². The Balaban J connectivity index is 1.96. The van der Waals surface area contributed by atoms with Crippen molar-refractivity contribution in [3.8, 4) is 6.07 Å². The van der Waals surface area contributed by atoms with Crippen LogP contribution in [-0.2, 0) is 0 Å². The summed E-state index contributed by atoms with van der Waals surface area (Å²) in [6.07, 6.45) is 7.66. The third kappa shape index (κ3) is 4.15. The predicted molar refractivity (Wildman–Crippen MR) is 108 cm³/mol. The van der Waals surface area contributed by atoms with Crippen molar-refractivity contribution < 1.29 is 0 Å². The highest BCUT2D eigenvalue weighted by Crippen LogP contribution is 2.27. The molecule has 0 aliphatic heterocycles. The summed E-state index contributed by atoms with van der Waals surface area (Å²) >= 11 is 0. The van der Waals surface area contributed by atoms with Gasteiger partial charge >= 0.3 is 0 Å². The molecular weight excluding hydrogens is 316 g/mol. The molecule has 0 heterocycles.